The van der Waals surface area contributed by atoms with Crippen molar-refractivity contribution in [2.75, 3.05) is 18.9 Å². The third-order valence-electron chi connectivity index (χ3n) is 5.36. The van der Waals surface area contributed by atoms with Gasteiger partial charge in [-0.3, -0.25) is 18.1 Å². The molecule has 13 heteroatoms. The van der Waals surface area contributed by atoms with E-state index in [2.05, 4.69) is 4.98 Å². The first-order chi connectivity index (χ1) is 15.1. The molecule has 1 unspecified atom stereocenters. The summed E-state index contributed by atoms with van der Waals surface area (Å²) in [6.45, 7) is 0.996. The molecule has 0 spiro atoms. The van der Waals surface area contributed by atoms with Gasteiger partial charge in [-0.15, -0.1) is 0 Å². The Morgan fingerprint density at radius 1 is 1.44 bits per heavy atom. The molecule has 174 valence electrons. The second kappa shape index (κ2) is 8.85. The van der Waals surface area contributed by atoms with Crippen molar-refractivity contribution >= 4 is 25.2 Å². The van der Waals surface area contributed by atoms with Gasteiger partial charge in [0, 0.05) is 17.6 Å². The topological polar surface area (TPSA) is 155 Å². The summed E-state index contributed by atoms with van der Waals surface area (Å²) in [5, 5.41) is 21.8. The molecule has 2 aromatic rings. The number of anilines is 1. The van der Waals surface area contributed by atoms with E-state index in [1.165, 1.54) is 19.2 Å². The Labute approximate surface area is 188 Å². The molecule has 0 amide bonds. The number of rotatable bonds is 5. The van der Waals surface area contributed by atoms with Gasteiger partial charge in [0.15, 0.2) is 6.23 Å². The van der Waals surface area contributed by atoms with E-state index in [-0.39, 0.29) is 12.4 Å². The average Bonchev–Trinajstić information content (AvgIpc) is 2.96. The number of hydrogen-bond acceptors (Lipinski definition) is 10. The fourth-order valence-electron chi connectivity index (χ4n) is 3.66. The monoisotopic (exact) mass is 487 g/mol. The molecule has 0 bridgehead atoms. The van der Waals surface area contributed by atoms with E-state index in [1.54, 1.807) is 24.3 Å². The lowest BCUT2D eigenvalue weighted by atomic mass is 9.96. The number of nitrogens with zero attached hydrogens (tertiary/aromatic N) is 2. The second-order valence-corrected chi connectivity index (χ2v) is 9.81. The van der Waals surface area contributed by atoms with Crippen LogP contribution in [-0.4, -0.2) is 50.8 Å². The lowest BCUT2D eigenvalue weighted by Gasteiger charge is -2.30. The molecule has 2 fully saturated rings. The van der Waals surface area contributed by atoms with Crippen molar-refractivity contribution in [3.05, 3.63) is 57.6 Å². The summed E-state index contributed by atoms with van der Waals surface area (Å²) in [4.78, 5) is 15.7. The Kier molecular flexibility index (Phi) is 6.45. The smallest absolute Gasteiger partial charge is 0.387 e. The highest BCUT2D eigenvalue weighted by molar-refractivity contribution is 7.48. The SMILES string of the molecule is C[C@@]1(O)[C@H](O)[C@@H](COP2(=O)OCC[C@@H](c3cccc(Cl)c3)O2)O[C@H]1n1ccc(N)nc1=O. The van der Waals surface area contributed by atoms with E-state index in [0.29, 0.717) is 11.4 Å². The zero-order valence-corrected chi connectivity index (χ0v) is 18.7. The first-order valence-electron chi connectivity index (χ1n) is 9.82. The fraction of sp³-hybridized carbons (Fsp3) is 0.474. The van der Waals surface area contributed by atoms with Gasteiger partial charge in [-0.2, -0.15) is 4.98 Å². The number of hydrogen-bond donors (Lipinski definition) is 3. The maximum atomic E-state index is 13.0. The zero-order chi connectivity index (χ0) is 23.1. The van der Waals surface area contributed by atoms with E-state index in [4.69, 9.17) is 35.6 Å². The van der Waals surface area contributed by atoms with Crippen LogP contribution in [0.25, 0.3) is 0 Å². The summed E-state index contributed by atoms with van der Waals surface area (Å²) in [5.74, 6) is 0.00303. The van der Waals surface area contributed by atoms with Gasteiger partial charge in [0.25, 0.3) is 0 Å². The van der Waals surface area contributed by atoms with Crippen molar-refractivity contribution in [2.24, 2.45) is 0 Å². The highest BCUT2D eigenvalue weighted by atomic mass is 35.5. The lowest BCUT2D eigenvalue weighted by molar-refractivity contribution is -0.0989. The van der Waals surface area contributed by atoms with Crippen LogP contribution in [0.15, 0.2) is 41.3 Å². The minimum atomic E-state index is -3.99. The van der Waals surface area contributed by atoms with Crippen molar-refractivity contribution in [1.82, 2.24) is 9.55 Å². The Balaban J connectivity index is 1.46. The molecule has 2 aliphatic rings. The third-order valence-corrected chi connectivity index (χ3v) is 7.07. The Hall–Kier alpha value is -1.82. The summed E-state index contributed by atoms with van der Waals surface area (Å²) in [6, 6.07) is 8.31. The van der Waals surface area contributed by atoms with E-state index in [9.17, 15) is 19.6 Å². The highest BCUT2D eigenvalue weighted by Crippen LogP contribution is 2.57. The number of phosphoric ester groups is 1. The maximum Gasteiger partial charge on any atom is 0.475 e. The molecule has 6 atom stereocenters. The molecule has 4 rings (SSSR count). The number of aliphatic hydroxyl groups excluding tert-OH is 1. The highest BCUT2D eigenvalue weighted by Gasteiger charge is 2.54. The molecule has 1 aromatic carbocycles. The van der Waals surface area contributed by atoms with Crippen LogP contribution in [0.2, 0.25) is 5.02 Å². The number of nitrogen functional groups attached to an aromatic ring is 1. The van der Waals surface area contributed by atoms with Crippen LogP contribution in [0.5, 0.6) is 0 Å². The second-order valence-electron chi connectivity index (χ2n) is 7.75. The van der Waals surface area contributed by atoms with Gasteiger partial charge >= 0.3 is 13.5 Å². The van der Waals surface area contributed by atoms with Gasteiger partial charge in [-0.25, -0.2) is 9.36 Å². The number of phosphoric acid groups is 1. The molecule has 32 heavy (non-hydrogen) atoms. The summed E-state index contributed by atoms with van der Waals surface area (Å²) in [5.41, 5.74) is 3.58. The summed E-state index contributed by atoms with van der Waals surface area (Å²) >= 11 is 6.02. The summed E-state index contributed by atoms with van der Waals surface area (Å²) in [7, 11) is -3.99. The molecular weight excluding hydrogens is 465 g/mol. The molecule has 1 aromatic heterocycles. The van der Waals surface area contributed by atoms with Crippen LogP contribution < -0.4 is 11.4 Å². The van der Waals surface area contributed by atoms with Crippen molar-refractivity contribution in [2.45, 2.75) is 43.5 Å². The summed E-state index contributed by atoms with van der Waals surface area (Å²) in [6.07, 6.45) is -2.70. The fourth-order valence-corrected chi connectivity index (χ4v) is 5.25. The van der Waals surface area contributed by atoms with Crippen LogP contribution in [0.1, 0.15) is 31.2 Å². The number of halogens is 1. The van der Waals surface area contributed by atoms with Crippen LogP contribution in [0.4, 0.5) is 5.82 Å². The molecular formula is C19H23ClN3O8P. The molecule has 2 aliphatic heterocycles. The minimum absolute atomic E-state index is 0.00303. The van der Waals surface area contributed by atoms with Crippen molar-refractivity contribution in [3.8, 4) is 0 Å². The van der Waals surface area contributed by atoms with E-state index >= 15 is 0 Å². The Bertz CT molecular complexity index is 1100. The van der Waals surface area contributed by atoms with Crippen LogP contribution in [-0.2, 0) is 22.9 Å². The van der Waals surface area contributed by atoms with E-state index < -0.39 is 50.3 Å². The van der Waals surface area contributed by atoms with Crippen molar-refractivity contribution in [3.63, 3.8) is 0 Å². The number of aromatic nitrogens is 2. The average molecular weight is 488 g/mol. The molecule has 0 aliphatic carbocycles. The Morgan fingerprint density at radius 2 is 2.22 bits per heavy atom. The van der Waals surface area contributed by atoms with E-state index in [1.807, 2.05) is 0 Å². The van der Waals surface area contributed by atoms with Crippen LogP contribution in [0, 0.1) is 0 Å². The maximum absolute atomic E-state index is 13.0. The van der Waals surface area contributed by atoms with Gasteiger partial charge in [0.1, 0.15) is 23.6 Å². The van der Waals surface area contributed by atoms with Gasteiger partial charge < -0.3 is 20.7 Å². The molecule has 2 saturated heterocycles. The standard InChI is InChI=1S/C19H23ClN3O8P/c1-19(26)16(24)14(30-17(19)23-7-5-15(21)22-18(23)25)10-29-32(27)28-8-6-13(31-32)11-3-2-4-12(20)9-11/h2-5,7,9,13-14,16-17,24,26H,6,8,10H2,1H3,(H2,21,22,25)/t13-,14+,16+,17+,19+,32?/m0/s1. The van der Waals surface area contributed by atoms with Gasteiger partial charge in [0.05, 0.1) is 19.3 Å². The number of ether oxygens (including phenoxy) is 1. The predicted octanol–water partition coefficient (Wildman–Crippen LogP) is 1.79. The number of aliphatic hydroxyl groups is 2. The molecule has 0 radical (unpaired) electrons. The zero-order valence-electron chi connectivity index (χ0n) is 17.0. The van der Waals surface area contributed by atoms with Crippen molar-refractivity contribution < 1.29 is 33.1 Å². The quantitative estimate of drug-likeness (QED) is 0.531. The van der Waals surface area contributed by atoms with E-state index in [0.717, 1.165) is 10.1 Å². The molecule has 3 heterocycles. The predicted molar refractivity (Wildman–Crippen MR) is 113 cm³/mol. The van der Waals surface area contributed by atoms with Crippen molar-refractivity contribution in [1.29, 1.82) is 0 Å². The molecule has 11 nitrogen and oxygen atoms in total. The third kappa shape index (κ3) is 4.61. The molecule has 4 N–H and O–H groups in total. The van der Waals surface area contributed by atoms with Gasteiger partial charge in [-0.05, 0) is 30.7 Å². The molecule has 0 saturated carbocycles. The summed E-state index contributed by atoms with van der Waals surface area (Å²) < 4.78 is 35.9. The Morgan fingerprint density at radius 3 is 2.94 bits per heavy atom. The largest absolute Gasteiger partial charge is 0.475 e. The van der Waals surface area contributed by atoms with Gasteiger partial charge in [-0.1, -0.05) is 23.7 Å². The first-order valence-corrected chi connectivity index (χ1v) is 11.7. The van der Waals surface area contributed by atoms with Gasteiger partial charge in [0.2, 0.25) is 0 Å². The number of benzene rings is 1. The lowest BCUT2D eigenvalue weighted by Crippen LogP contribution is -2.46. The van der Waals surface area contributed by atoms with Crippen LogP contribution in [0.3, 0.4) is 0 Å². The normalized spacial score (nSPS) is 35.1. The first kappa shape index (κ1) is 23.3. The number of nitrogens with two attached hydrogens (primary N) is 1. The minimum Gasteiger partial charge on any atom is -0.387 e. The van der Waals surface area contributed by atoms with Crippen LogP contribution >= 0.6 is 19.4 Å².